The highest BCUT2D eigenvalue weighted by molar-refractivity contribution is 7.69. The number of hydrogen-bond acceptors (Lipinski definition) is 2. The van der Waals surface area contributed by atoms with E-state index >= 15 is 0 Å². The van der Waals surface area contributed by atoms with Gasteiger partial charge in [0.2, 0.25) is 0 Å². The van der Waals surface area contributed by atoms with E-state index in [9.17, 15) is 4.79 Å². The van der Waals surface area contributed by atoms with Crippen LogP contribution in [-0.4, -0.2) is 18.7 Å². The Labute approximate surface area is 115 Å². The van der Waals surface area contributed by atoms with Crippen LogP contribution < -0.4 is 5.30 Å². The number of carbonyl (C=O) groups is 1. The van der Waals surface area contributed by atoms with E-state index in [1.54, 1.807) is 0 Å². The lowest BCUT2D eigenvalue weighted by atomic mass is 10.0. The summed E-state index contributed by atoms with van der Waals surface area (Å²) in [5.41, 5.74) is 3.12. The number of ether oxygens (including phenoxy) is 1. The molecule has 0 radical (unpaired) electrons. The molecule has 0 saturated carbocycles. The van der Waals surface area contributed by atoms with Crippen LogP contribution in [0.5, 0.6) is 0 Å². The van der Waals surface area contributed by atoms with Crippen molar-refractivity contribution >= 4 is 19.2 Å². The highest BCUT2D eigenvalue weighted by Gasteiger charge is 2.23. The van der Waals surface area contributed by atoms with Crippen molar-refractivity contribution in [2.24, 2.45) is 0 Å². The average molecular weight is 274 g/mol. The summed E-state index contributed by atoms with van der Waals surface area (Å²) in [5.74, 6) is 1.92. The minimum Gasteiger partial charge on any atom is -0.462 e. The third-order valence-electron chi connectivity index (χ3n) is 3.32. The molecule has 2 rings (SSSR count). The number of rotatable bonds is 3. The fourth-order valence-corrected chi connectivity index (χ4v) is 4.44. The molecule has 1 aromatic carbocycles. The van der Waals surface area contributed by atoms with Gasteiger partial charge in [0.15, 0.2) is 0 Å². The van der Waals surface area contributed by atoms with Crippen molar-refractivity contribution in [2.75, 3.05) is 12.8 Å². The molecule has 0 aliphatic carbocycles. The second-order valence-electron chi connectivity index (χ2n) is 4.63. The van der Waals surface area contributed by atoms with Gasteiger partial charge in [0.25, 0.3) is 0 Å². The molecule has 1 aromatic rings. The summed E-state index contributed by atoms with van der Waals surface area (Å²) in [5, 5.41) is 1.31. The molecule has 0 aromatic heterocycles. The first-order valence-corrected chi connectivity index (χ1v) is 8.10. The normalized spacial score (nSPS) is 19.1. The average Bonchev–Trinajstić information content (AvgIpc) is 2.43. The molecule has 1 heterocycles. The van der Waals surface area contributed by atoms with Gasteiger partial charge in [-0.15, -0.1) is 0 Å². The summed E-state index contributed by atoms with van der Waals surface area (Å²) in [4.78, 5) is 12.0. The summed E-state index contributed by atoms with van der Waals surface area (Å²) in [6, 6.07) is 10.4. The monoisotopic (exact) mass is 274 g/mol. The second kappa shape index (κ2) is 6.16. The maximum Gasteiger partial charge on any atom is 0.338 e. The first-order chi connectivity index (χ1) is 9.13. The smallest absolute Gasteiger partial charge is 0.338 e. The topological polar surface area (TPSA) is 26.3 Å². The summed E-state index contributed by atoms with van der Waals surface area (Å²) >= 11 is 0. The molecule has 3 heteroatoms. The Kier molecular flexibility index (Phi) is 4.55. The molecule has 2 nitrogen and oxygen atoms in total. The quantitative estimate of drug-likeness (QED) is 0.622. The molecule has 0 amide bonds. The van der Waals surface area contributed by atoms with Gasteiger partial charge in [-0.3, -0.25) is 0 Å². The maximum absolute atomic E-state index is 12.0. The second-order valence-corrected chi connectivity index (χ2v) is 6.66. The molecule has 0 fully saturated rings. The van der Waals surface area contributed by atoms with Gasteiger partial charge in [-0.05, 0) is 51.5 Å². The van der Waals surface area contributed by atoms with Gasteiger partial charge in [0.05, 0.1) is 12.2 Å². The van der Waals surface area contributed by atoms with Crippen LogP contribution >= 0.6 is 7.92 Å². The van der Waals surface area contributed by atoms with Crippen LogP contribution in [0.4, 0.5) is 0 Å². The lowest BCUT2D eigenvalue weighted by molar-refractivity contribution is -0.138. The summed E-state index contributed by atoms with van der Waals surface area (Å²) in [6.07, 6.45) is 1.04. The molecule has 1 aliphatic heterocycles. The SMILES string of the molecule is CCOC(=O)C1=CP(c2ccccc2)CC(C)=C1C. The van der Waals surface area contributed by atoms with Crippen LogP contribution in [-0.2, 0) is 9.53 Å². The van der Waals surface area contributed by atoms with Crippen molar-refractivity contribution in [1.29, 1.82) is 0 Å². The Bertz CT molecular complexity index is 529. The Hall–Kier alpha value is -1.40. The molecular weight excluding hydrogens is 255 g/mol. The number of carbonyl (C=O) groups excluding carboxylic acids is 1. The fourth-order valence-electron chi connectivity index (χ4n) is 2.10. The predicted molar refractivity (Wildman–Crippen MR) is 81.0 cm³/mol. The third kappa shape index (κ3) is 3.13. The first-order valence-electron chi connectivity index (χ1n) is 6.50. The van der Waals surface area contributed by atoms with Gasteiger partial charge in [0.1, 0.15) is 0 Å². The van der Waals surface area contributed by atoms with Crippen molar-refractivity contribution in [2.45, 2.75) is 20.8 Å². The maximum atomic E-state index is 12.0. The van der Waals surface area contributed by atoms with Crippen molar-refractivity contribution < 1.29 is 9.53 Å². The van der Waals surface area contributed by atoms with Crippen LogP contribution in [0.25, 0.3) is 0 Å². The molecule has 0 spiro atoms. The van der Waals surface area contributed by atoms with Gasteiger partial charge < -0.3 is 4.74 Å². The zero-order valence-electron chi connectivity index (χ0n) is 11.6. The lowest BCUT2D eigenvalue weighted by Gasteiger charge is -2.23. The molecular formula is C16H19O2P. The zero-order chi connectivity index (χ0) is 13.8. The molecule has 100 valence electrons. The summed E-state index contributed by atoms with van der Waals surface area (Å²) < 4.78 is 5.15. The van der Waals surface area contributed by atoms with Gasteiger partial charge in [-0.1, -0.05) is 35.9 Å². The summed E-state index contributed by atoms with van der Waals surface area (Å²) in [7, 11) is -0.436. The standard InChI is InChI=1S/C16H19O2P/c1-4-18-16(17)15-11-19(10-12(2)13(15)3)14-8-6-5-7-9-14/h5-9,11H,4,10H2,1-3H3. The van der Waals surface area contributed by atoms with Crippen LogP contribution in [0.1, 0.15) is 20.8 Å². The zero-order valence-corrected chi connectivity index (χ0v) is 12.5. The summed E-state index contributed by atoms with van der Waals surface area (Å²) in [6.45, 7) is 6.38. The van der Waals surface area contributed by atoms with Crippen LogP contribution in [0.2, 0.25) is 0 Å². The van der Waals surface area contributed by atoms with E-state index in [1.165, 1.54) is 10.9 Å². The molecule has 1 aliphatic rings. The van der Waals surface area contributed by atoms with Gasteiger partial charge in [0, 0.05) is 0 Å². The van der Waals surface area contributed by atoms with Gasteiger partial charge >= 0.3 is 5.97 Å². The highest BCUT2D eigenvalue weighted by atomic mass is 31.1. The molecule has 19 heavy (non-hydrogen) atoms. The van der Waals surface area contributed by atoms with E-state index < -0.39 is 7.92 Å². The van der Waals surface area contributed by atoms with Crippen molar-refractivity contribution in [1.82, 2.24) is 0 Å². The third-order valence-corrected chi connectivity index (χ3v) is 5.67. The minimum absolute atomic E-state index is 0.192. The number of benzene rings is 1. The van der Waals surface area contributed by atoms with Crippen LogP contribution in [0.3, 0.4) is 0 Å². The first kappa shape index (κ1) is 14.0. The van der Waals surface area contributed by atoms with E-state index in [2.05, 4.69) is 37.0 Å². The number of allylic oxidation sites excluding steroid dienone is 1. The Morgan fingerprint density at radius 3 is 2.58 bits per heavy atom. The molecule has 0 bridgehead atoms. The number of esters is 1. The van der Waals surface area contributed by atoms with E-state index in [4.69, 9.17) is 4.74 Å². The van der Waals surface area contributed by atoms with E-state index in [0.717, 1.165) is 17.3 Å². The van der Waals surface area contributed by atoms with Gasteiger partial charge in [-0.2, -0.15) is 0 Å². The minimum atomic E-state index is -0.436. The Balaban J connectivity index is 2.33. The van der Waals surface area contributed by atoms with E-state index in [-0.39, 0.29) is 5.97 Å². The van der Waals surface area contributed by atoms with Crippen molar-refractivity contribution in [3.63, 3.8) is 0 Å². The molecule has 1 unspecified atom stereocenters. The van der Waals surface area contributed by atoms with Crippen molar-refractivity contribution in [3.05, 3.63) is 52.9 Å². The lowest BCUT2D eigenvalue weighted by Crippen LogP contribution is -2.15. The Morgan fingerprint density at radius 2 is 1.95 bits per heavy atom. The van der Waals surface area contributed by atoms with Crippen molar-refractivity contribution in [3.8, 4) is 0 Å². The van der Waals surface area contributed by atoms with E-state index in [1.807, 2.05) is 19.9 Å². The highest BCUT2D eigenvalue weighted by Crippen LogP contribution is 2.45. The fraction of sp³-hybridized carbons (Fsp3) is 0.312. The van der Waals surface area contributed by atoms with Gasteiger partial charge in [-0.25, -0.2) is 4.79 Å². The van der Waals surface area contributed by atoms with E-state index in [0.29, 0.717) is 6.61 Å². The largest absolute Gasteiger partial charge is 0.462 e. The number of hydrogen-bond donors (Lipinski definition) is 0. The van der Waals surface area contributed by atoms with Crippen LogP contribution in [0, 0.1) is 0 Å². The predicted octanol–water partition coefficient (Wildman–Crippen LogP) is 3.59. The van der Waals surface area contributed by atoms with Crippen LogP contribution in [0.15, 0.2) is 52.9 Å². The Morgan fingerprint density at radius 1 is 1.26 bits per heavy atom. The molecule has 1 atom stereocenters. The molecule has 0 saturated heterocycles. The molecule has 0 N–H and O–H groups in total.